The smallest absolute Gasteiger partial charge is 0.231 e. The van der Waals surface area contributed by atoms with Gasteiger partial charge in [0.2, 0.25) is 6.79 Å². The lowest BCUT2D eigenvalue weighted by atomic mass is 10.2. The van der Waals surface area contributed by atoms with Crippen molar-refractivity contribution in [2.75, 3.05) is 12.1 Å². The second-order valence-electron chi connectivity index (χ2n) is 4.10. The molecule has 1 aromatic carbocycles. The average molecular weight is 258 g/mol. The summed E-state index contributed by atoms with van der Waals surface area (Å²) >= 11 is 0. The molecular formula is C13H14N4O2. The number of benzene rings is 1. The maximum atomic E-state index is 5.50. The van der Waals surface area contributed by atoms with E-state index in [0.29, 0.717) is 18.9 Å². The van der Waals surface area contributed by atoms with Crippen molar-refractivity contribution in [1.29, 1.82) is 0 Å². The molecule has 0 atom stereocenters. The molecule has 1 aliphatic rings. The Balaban J connectivity index is 1.68. The summed E-state index contributed by atoms with van der Waals surface area (Å²) in [5, 5.41) is 3.22. The molecule has 6 heteroatoms. The first-order valence-corrected chi connectivity index (χ1v) is 5.99. The summed E-state index contributed by atoms with van der Waals surface area (Å²) in [5.41, 5.74) is 6.60. The van der Waals surface area contributed by atoms with E-state index in [0.717, 1.165) is 22.9 Å². The number of nitrogens with two attached hydrogens (primary N) is 1. The minimum atomic E-state index is 0.290. The number of aromatic nitrogens is 2. The van der Waals surface area contributed by atoms with E-state index < -0.39 is 0 Å². The zero-order valence-corrected chi connectivity index (χ0v) is 10.3. The Hall–Kier alpha value is -2.34. The summed E-state index contributed by atoms with van der Waals surface area (Å²) in [4.78, 5) is 8.32. The van der Waals surface area contributed by atoms with Gasteiger partial charge in [-0.3, -0.25) is 0 Å². The van der Waals surface area contributed by atoms with Crippen molar-refractivity contribution < 1.29 is 9.47 Å². The third kappa shape index (κ3) is 2.58. The fourth-order valence-corrected chi connectivity index (χ4v) is 1.84. The molecular weight excluding hydrogens is 244 g/mol. The standard InChI is InChI=1S/C13H14N4O2/c14-6-13-15-4-3-12(17-13)16-7-9-1-2-10-11(5-9)19-8-18-10/h1-5H,6-8,14H2,(H,15,16,17). The molecule has 0 aliphatic carbocycles. The molecule has 2 aromatic rings. The van der Waals surface area contributed by atoms with Crippen molar-refractivity contribution in [3.8, 4) is 11.5 Å². The first-order chi connectivity index (χ1) is 9.35. The maximum absolute atomic E-state index is 5.50. The Labute approximate surface area is 110 Å². The fraction of sp³-hybridized carbons (Fsp3) is 0.231. The van der Waals surface area contributed by atoms with E-state index in [9.17, 15) is 0 Å². The molecule has 0 spiro atoms. The molecule has 1 aromatic heterocycles. The molecule has 98 valence electrons. The molecule has 0 saturated carbocycles. The van der Waals surface area contributed by atoms with Gasteiger partial charge in [0.1, 0.15) is 11.6 Å². The Morgan fingerprint density at radius 2 is 2.11 bits per heavy atom. The summed E-state index contributed by atoms with van der Waals surface area (Å²) < 4.78 is 10.6. The van der Waals surface area contributed by atoms with Crippen LogP contribution < -0.4 is 20.5 Å². The molecule has 19 heavy (non-hydrogen) atoms. The van der Waals surface area contributed by atoms with E-state index in [1.54, 1.807) is 6.20 Å². The first-order valence-electron chi connectivity index (χ1n) is 5.99. The molecule has 2 heterocycles. The zero-order valence-electron chi connectivity index (χ0n) is 10.3. The lowest BCUT2D eigenvalue weighted by Gasteiger charge is -2.07. The molecule has 3 rings (SSSR count). The van der Waals surface area contributed by atoms with Crippen LogP contribution in [0.3, 0.4) is 0 Å². The van der Waals surface area contributed by atoms with E-state index >= 15 is 0 Å². The van der Waals surface area contributed by atoms with Crippen LogP contribution in [0.4, 0.5) is 5.82 Å². The first kappa shape index (κ1) is 11.7. The predicted molar refractivity (Wildman–Crippen MR) is 69.8 cm³/mol. The Morgan fingerprint density at radius 3 is 3.00 bits per heavy atom. The van der Waals surface area contributed by atoms with Gasteiger partial charge in [-0.25, -0.2) is 9.97 Å². The monoisotopic (exact) mass is 258 g/mol. The third-order valence-corrected chi connectivity index (χ3v) is 2.80. The summed E-state index contributed by atoms with van der Waals surface area (Å²) in [5.74, 6) is 2.95. The van der Waals surface area contributed by atoms with Crippen molar-refractivity contribution in [3.05, 3.63) is 41.9 Å². The number of ether oxygens (including phenoxy) is 2. The van der Waals surface area contributed by atoms with Gasteiger partial charge in [-0.05, 0) is 23.8 Å². The number of anilines is 1. The Bertz CT molecular complexity index is 589. The summed E-state index contributed by atoms with van der Waals surface area (Å²) in [7, 11) is 0. The summed E-state index contributed by atoms with van der Waals surface area (Å²) in [6.45, 7) is 1.27. The number of hydrogen-bond acceptors (Lipinski definition) is 6. The van der Waals surface area contributed by atoms with E-state index in [2.05, 4.69) is 15.3 Å². The van der Waals surface area contributed by atoms with Gasteiger partial charge >= 0.3 is 0 Å². The number of fused-ring (bicyclic) bond motifs is 1. The van der Waals surface area contributed by atoms with Crippen LogP contribution in [0.15, 0.2) is 30.5 Å². The third-order valence-electron chi connectivity index (χ3n) is 2.80. The van der Waals surface area contributed by atoms with Gasteiger partial charge in [-0.15, -0.1) is 0 Å². The normalized spacial score (nSPS) is 12.5. The average Bonchev–Trinajstić information content (AvgIpc) is 2.93. The van der Waals surface area contributed by atoms with Crippen LogP contribution in [-0.4, -0.2) is 16.8 Å². The maximum Gasteiger partial charge on any atom is 0.231 e. The topological polar surface area (TPSA) is 82.3 Å². The van der Waals surface area contributed by atoms with Crippen LogP contribution in [0.1, 0.15) is 11.4 Å². The highest BCUT2D eigenvalue weighted by molar-refractivity contribution is 5.45. The molecule has 3 N–H and O–H groups in total. The van der Waals surface area contributed by atoms with Gasteiger partial charge in [-0.1, -0.05) is 6.07 Å². The highest BCUT2D eigenvalue weighted by Crippen LogP contribution is 2.32. The molecule has 0 fully saturated rings. The van der Waals surface area contributed by atoms with Crippen LogP contribution in [0.5, 0.6) is 11.5 Å². The summed E-state index contributed by atoms with van der Waals surface area (Å²) in [6.07, 6.45) is 1.69. The van der Waals surface area contributed by atoms with Crippen LogP contribution in [-0.2, 0) is 13.1 Å². The Kier molecular flexibility index (Phi) is 3.16. The van der Waals surface area contributed by atoms with Crippen molar-refractivity contribution >= 4 is 5.82 Å². The number of rotatable bonds is 4. The van der Waals surface area contributed by atoms with E-state index in [1.807, 2.05) is 24.3 Å². The van der Waals surface area contributed by atoms with Gasteiger partial charge in [0.25, 0.3) is 0 Å². The molecule has 0 radical (unpaired) electrons. The van der Waals surface area contributed by atoms with Crippen molar-refractivity contribution in [2.45, 2.75) is 13.1 Å². The van der Waals surface area contributed by atoms with Crippen molar-refractivity contribution in [1.82, 2.24) is 9.97 Å². The Morgan fingerprint density at radius 1 is 1.21 bits per heavy atom. The quantitative estimate of drug-likeness (QED) is 0.859. The molecule has 0 bridgehead atoms. The minimum absolute atomic E-state index is 0.290. The molecule has 1 aliphatic heterocycles. The number of hydrogen-bond donors (Lipinski definition) is 2. The van der Waals surface area contributed by atoms with E-state index in [-0.39, 0.29) is 6.79 Å². The van der Waals surface area contributed by atoms with Crippen LogP contribution >= 0.6 is 0 Å². The van der Waals surface area contributed by atoms with Crippen LogP contribution in [0.2, 0.25) is 0 Å². The zero-order chi connectivity index (χ0) is 13.1. The number of nitrogens with zero attached hydrogens (tertiary/aromatic N) is 2. The van der Waals surface area contributed by atoms with Crippen LogP contribution in [0.25, 0.3) is 0 Å². The van der Waals surface area contributed by atoms with E-state index in [4.69, 9.17) is 15.2 Å². The van der Waals surface area contributed by atoms with E-state index in [1.165, 1.54) is 0 Å². The molecule has 6 nitrogen and oxygen atoms in total. The lowest BCUT2D eigenvalue weighted by molar-refractivity contribution is 0.174. The van der Waals surface area contributed by atoms with Crippen molar-refractivity contribution in [3.63, 3.8) is 0 Å². The van der Waals surface area contributed by atoms with Gasteiger partial charge in [-0.2, -0.15) is 0 Å². The van der Waals surface area contributed by atoms with Crippen molar-refractivity contribution in [2.24, 2.45) is 5.73 Å². The highest BCUT2D eigenvalue weighted by atomic mass is 16.7. The molecule has 0 amide bonds. The largest absolute Gasteiger partial charge is 0.454 e. The SMILES string of the molecule is NCc1nccc(NCc2ccc3c(c2)OCO3)n1. The van der Waals surface area contributed by atoms with Gasteiger partial charge < -0.3 is 20.5 Å². The lowest BCUT2D eigenvalue weighted by Crippen LogP contribution is -2.07. The van der Waals surface area contributed by atoms with Gasteiger partial charge in [0.05, 0.1) is 6.54 Å². The van der Waals surface area contributed by atoms with Gasteiger partial charge in [0.15, 0.2) is 11.5 Å². The molecule has 0 unspecified atom stereocenters. The predicted octanol–water partition coefficient (Wildman–Crippen LogP) is 1.28. The minimum Gasteiger partial charge on any atom is -0.454 e. The fourth-order valence-electron chi connectivity index (χ4n) is 1.84. The second-order valence-corrected chi connectivity index (χ2v) is 4.10. The highest BCUT2D eigenvalue weighted by Gasteiger charge is 2.12. The summed E-state index contributed by atoms with van der Waals surface area (Å²) in [6, 6.07) is 7.67. The second kappa shape index (κ2) is 5.11. The number of nitrogens with one attached hydrogen (secondary N) is 1. The van der Waals surface area contributed by atoms with Gasteiger partial charge in [0, 0.05) is 12.7 Å². The van der Waals surface area contributed by atoms with Crippen LogP contribution in [0, 0.1) is 0 Å². The molecule has 0 saturated heterocycles.